The molecule has 0 atom stereocenters. The van der Waals surface area contributed by atoms with Crippen LogP contribution in [0.15, 0.2) is 0 Å². The minimum Gasteiger partial charge on any atom is -0.356 e. The van der Waals surface area contributed by atoms with Crippen molar-refractivity contribution in [1.82, 2.24) is 5.32 Å². The van der Waals surface area contributed by atoms with Crippen molar-refractivity contribution in [2.45, 2.75) is 53.4 Å². The third-order valence-electron chi connectivity index (χ3n) is 4.06. The second-order valence-electron chi connectivity index (χ2n) is 5.35. The van der Waals surface area contributed by atoms with Crippen LogP contribution in [0.25, 0.3) is 0 Å². The van der Waals surface area contributed by atoms with Crippen LogP contribution in [0.2, 0.25) is 0 Å². The summed E-state index contributed by atoms with van der Waals surface area (Å²) in [6.45, 7) is 9.42. The molecule has 1 rings (SSSR count). The summed E-state index contributed by atoms with van der Waals surface area (Å²) in [5.41, 5.74) is -0.0808. The Kier molecular flexibility index (Phi) is 4.18. The summed E-state index contributed by atoms with van der Waals surface area (Å²) in [5, 5.41) is 3.01. The van der Waals surface area contributed by atoms with E-state index in [9.17, 15) is 4.79 Å². The number of hydrogen-bond donors (Lipinski definition) is 1. The summed E-state index contributed by atoms with van der Waals surface area (Å²) in [6.07, 6.45) is 4.54. The third-order valence-corrected chi connectivity index (χ3v) is 4.06. The summed E-state index contributed by atoms with van der Waals surface area (Å²) in [4.78, 5) is 12.2. The van der Waals surface area contributed by atoms with Crippen molar-refractivity contribution in [3.05, 3.63) is 0 Å². The van der Waals surface area contributed by atoms with Gasteiger partial charge in [-0.25, -0.2) is 0 Å². The molecule has 15 heavy (non-hydrogen) atoms. The highest BCUT2D eigenvalue weighted by molar-refractivity contribution is 5.82. The molecular formula is C13H25NO. The minimum absolute atomic E-state index is 0.0808. The zero-order valence-corrected chi connectivity index (χ0v) is 10.6. The number of nitrogens with one attached hydrogen (secondary N) is 1. The molecule has 1 aliphatic carbocycles. The molecule has 0 spiro atoms. The Labute approximate surface area is 93.8 Å². The average molecular weight is 211 g/mol. The molecule has 2 heteroatoms. The zero-order chi connectivity index (χ0) is 11.5. The van der Waals surface area contributed by atoms with Gasteiger partial charge in [0.1, 0.15) is 0 Å². The molecule has 0 saturated heterocycles. The normalized spacial score (nSPS) is 31.7. The highest BCUT2D eigenvalue weighted by Gasteiger charge is 2.42. The van der Waals surface area contributed by atoms with E-state index in [0.717, 1.165) is 25.3 Å². The molecule has 0 aromatic carbocycles. The van der Waals surface area contributed by atoms with Crippen molar-refractivity contribution in [3.63, 3.8) is 0 Å². The largest absolute Gasteiger partial charge is 0.356 e. The zero-order valence-electron chi connectivity index (χ0n) is 10.6. The summed E-state index contributed by atoms with van der Waals surface area (Å²) in [6, 6.07) is 0. The van der Waals surface area contributed by atoms with E-state index in [1.165, 1.54) is 12.8 Å². The van der Waals surface area contributed by atoms with E-state index in [2.05, 4.69) is 26.1 Å². The highest BCUT2D eigenvalue weighted by atomic mass is 16.2. The average Bonchev–Trinajstić information content (AvgIpc) is 2.19. The van der Waals surface area contributed by atoms with Crippen LogP contribution in [0.5, 0.6) is 0 Å². The van der Waals surface area contributed by atoms with Gasteiger partial charge in [-0.3, -0.25) is 4.79 Å². The first kappa shape index (κ1) is 12.5. The molecule has 1 aliphatic rings. The van der Waals surface area contributed by atoms with E-state index < -0.39 is 0 Å². The molecule has 88 valence electrons. The number of hydrogen-bond acceptors (Lipinski definition) is 1. The second kappa shape index (κ2) is 5.00. The number of amides is 1. The van der Waals surface area contributed by atoms with Crippen molar-refractivity contribution in [3.8, 4) is 0 Å². The Morgan fingerprint density at radius 2 is 1.93 bits per heavy atom. The van der Waals surface area contributed by atoms with E-state index in [1.54, 1.807) is 0 Å². The van der Waals surface area contributed by atoms with Crippen LogP contribution in [0.1, 0.15) is 53.4 Å². The molecule has 1 N–H and O–H groups in total. The van der Waals surface area contributed by atoms with Crippen LogP contribution in [-0.2, 0) is 4.79 Å². The third kappa shape index (κ3) is 2.53. The Bertz CT molecular complexity index is 215. The van der Waals surface area contributed by atoms with Crippen molar-refractivity contribution in [2.75, 3.05) is 6.54 Å². The van der Waals surface area contributed by atoms with Crippen LogP contribution in [-0.4, -0.2) is 12.5 Å². The molecule has 0 aromatic rings. The fraction of sp³-hybridized carbons (Fsp3) is 0.923. The Balaban J connectivity index is 2.75. The number of carbonyl (C=O) groups is 1. The SMILES string of the molecule is CCNC(=O)C1(C(C)C)CCC(C)CC1. The fourth-order valence-corrected chi connectivity index (χ4v) is 2.68. The highest BCUT2D eigenvalue weighted by Crippen LogP contribution is 2.44. The van der Waals surface area contributed by atoms with Crippen molar-refractivity contribution in [2.24, 2.45) is 17.3 Å². The van der Waals surface area contributed by atoms with E-state index in [1.807, 2.05) is 6.92 Å². The van der Waals surface area contributed by atoms with Gasteiger partial charge in [0.25, 0.3) is 0 Å². The summed E-state index contributed by atoms with van der Waals surface area (Å²) in [7, 11) is 0. The van der Waals surface area contributed by atoms with Gasteiger partial charge in [-0.15, -0.1) is 0 Å². The van der Waals surface area contributed by atoms with Crippen LogP contribution in [0.3, 0.4) is 0 Å². The van der Waals surface area contributed by atoms with Gasteiger partial charge in [0, 0.05) is 6.54 Å². The van der Waals surface area contributed by atoms with Crippen LogP contribution in [0.4, 0.5) is 0 Å². The van der Waals surface area contributed by atoms with Gasteiger partial charge >= 0.3 is 0 Å². The van der Waals surface area contributed by atoms with Crippen LogP contribution in [0, 0.1) is 17.3 Å². The summed E-state index contributed by atoms with van der Waals surface area (Å²) >= 11 is 0. The summed E-state index contributed by atoms with van der Waals surface area (Å²) in [5.74, 6) is 1.54. The van der Waals surface area contributed by atoms with Gasteiger partial charge in [0.05, 0.1) is 5.41 Å². The maximum atomic E-state index is 12.2. The van der Waals surface area contributed by atoms with Gasteiger partial charge in [-0.05, 0) is 44.4 Å². The van der Waals surface area contributed by atoms with Crippen molar-refractivity contribution < 1.29 is 4.79 Å². The van der Waals surface area contributed by atoms with Crippen molar-refractivity contribution >= 4 is 5.91 Å². The van der Waals surface area contributed by atoms with Crippen molar-refractivity contribution in [1.29, 1.82) is 0 Å². The molecule has 0 radical (unpaired) electrons. The molecule has 0 bridgehead atoms. The van der Waals surface area contributed by atoms with E-state index in [4.69, 9.17) is 0 Å². The van der Waals surface area contributed by atoms with Crippen LogP contribution >= 0.6 is 0 Å². The maximum Gasteiger partial charge on any atom is 0.226 e. The minimum atomic E-state index is -0.0808. The fourth-order valence-electron chi connectivity index (χ4n) is 2.68. The first-order valence-corrected chi connectivity index (χ1v) is 6.31. The van der Waals surface area contributed by atoms with Gasteiger partial charge in [-0.1, -0.05) is 20.8 Å². The van der Waals surface area contributed by atoms with E-state index in [0.29, 0.717) is 5.92 Å². The Morgan fingerprint density at radius 3 is 2.33 bits per heavy atom. The quantitative estimate of drug-likeness (QED) is 0.764. The number of rotatable bonds is 3. The van der Waals surface area contributed by atoms with Gasteiger partial charge < -0.3 is 5.32 Å². The first-order chi connectivity index (χ1) is 7.03. The molecule has 0 unspecified atom stereocenters. The molecule has 1 amide bonds. The molecule has 2 nitrogen and oxygen atoms in total. The lowest BCUT2D eigenvalue weighted by atomic mass is 9.64. The lowest BCUT2D eigenvalue weighted by molar-refractivity contribution is -0.136. The lowest BCUT2D eigenvalue weighted by Gasteiger charge is -2.41. The van der Waals surface area contributed by atoms with E-state index in [-0.39, 0.29) is 11.3 Å². The lowest BCUT2D eigenvalue weighted by Crippen LogP contribution is -2.46. The van der Waals surface area contributed by atoms with Gasteiger partial charge in [-0.2, -0.15) is 0 Å². The van der Waals surface area contributed by atoms with Gasteiger partial charge in [0.2, 0.25) is 5.91 Å². The Morgan fingerprint density at radius 1 is 1.40 bits per heavy atom. The molecule has 0 aromatic heterocycles. The van der Waals surface area contributed by atoms with Gasteiger partial charge in [0.15, 0.2) is 0 Å². The molecule has 0 heterocycles. The molecule has 1 saturated carbocycles. The smallest absolute Gasteiger partial charge is 0.226 e. The molecule has 0 aliphatic heterocycles. The maximum absolute atomic E-state index is 12.2. The Hall–Kier alpha value is -0.530. The number of carbonyl (C=O) groups excluding carboxylic acids is 1. The predicted molar refractivity (Wildman–Crippen MR) is 63.6 cm³/mol. The molecular weight excluding hydrogens is 186 g/mol. The first-order valence-electron chi connectivity index (χ1n) is 6.31. The van der Waals surface area contributed by atoms with E-state index >= 15 is 0 Å². The molecule has 1 fully saturated rings. The topological polar surface area (TPSA) is 29.1 Å². The monoisotopic (exact) mass is 211 g/mol. The van der Waals surface area contributed by atoms with Crippen LogP contribution < -0.4 is 5.32 Å². The standard InChI is InChI=1S/C13H25NO/c1-5-14-12(15)13(10(2)3)8-6-11(4)7-9-13/h10-11H,5-9H2,1-4H3,(H,14,15). The summed E-state index contributed by atoms with van der Waals surface area (Å²) < 4.78 is 0. The predicted octanol–water partition coefficient (Wildman–Crippen LogP) is 2.98. The second-order valence-corrected chi connectivity index (χ2v) is 5.35.